The van der Waals surface area contributed by atoms with Gasteiger partial charge in [-0.3, -0.25) is 9.52 Å². The van der Waals surface area contributed by atoms with Crippen LogP contribution in [0.3, 0.4) is 0 Å². The van der Waals surface area contributed by atoms with E-state index < -0.39 is 27.7 Å². The maximum absolute atomic E-state index is 13.2. The lowest BCUT2D eigenvalue weighted by atomic mass is 10.1. The van der Waals surface area contributed by atoms with Crippen molar-refractivity contribution >= 4 is 38.9 Å². The second kappa shape index (κ2) is 10.5. The highest BCUT2D eigenvalue weighted by Crippen LogP contribution is 2.32. The van der Waals surface area contributed by atoms with Crippen molar-refractivity contribution in [3.8, 4) is 5.75 Å². The highest BCUT2D eigenvalue weighted by molar-refractivity contribution is 7.92. The highest BCUT2D eigenvalue weighted by atomic mass is 35.5. The SMILES string of the molecule is COc1ccccc1N1CCN(C(=O)c2cc(S(=O)(=O)Nc3cccc(C(F)(F)F)c3)ccc2Cl)CC1. The van der Waals surface area contributed by atoms with E-state index in [1.165, 1.54) is 18.2 Å². The average Bonchev–Trinajstić information content (AvgIpc) is 2.88. The predicted octanol–water partition coefficient (Wildman–Crippen LogP) is 5.13. The molecule has 0 aromatic heterocycles. The van der Waals surface area contributed by atoms with E-state index in [4.69, 9.17) is 16.3 Å². The average molecular weight is 554 g/mol. The largest absolute Gasteiger partial charge is 0.495 e. The van der Waals surface area contributed by atoms with E-state index in [1.54, 1.807) is 12.0 Å². The molecule has 0 bridgehead atoms. The van der Waals surface area contributed by atoms with Crippen LogP contribution in [0.15, 0.2) is 71.6 Å². The van der Waals surface area contributed by atoms with Gasteiger partial charge in [0.2, 0.25) is 0 Å². The van der Waals surface area contributed by atoms with Gasteiger partial charge in [0.05, 0.1) is 33.8 Å². The topological polar surface area (TPSA) is 79.0 Å². The molecule has 3 aromatic rings. The summed E-state index contributed by atoms with van der Waals surface area (Å²) in [5, 5.41) is 0.0650. The fourth-order valence-electron chi connectivity index (χ4n) is 4.02. The number of hydrogen-bond acceptors (Lipinski definition) is 5. The number of para-hydroxylation sites is 2. The number of piperazine rings is 1. The van der Waals surface area contributed by atoms with Crippen LogP contribution in [-0.4, -0.2) is 52.5 Å². The molecule has 1 saturated heterocycles. The fraction of sp³-hybridized carbons (Fsp3) is 0.240. The second-order valence-corrected chi connectivity index (χ2v) is 10.4. The number of halogens is 4. The number of hydrogen-bond donors (Lipinski definition) is 1. The highest BCUT2D eigenvalue weighted by Gasteiger charge is 2.31. The number of nitrogens with one attached hydrogen (secondary N) is 1. The fourth-order valence-corrected chi connectivity index (χ4v) is 5.29. The molecule has 4 rings (SSSR count). The van der Waals surface area contributed by atoms with E-state index in [1.807, 2.05) is 24.3 Å². The van der Waals surface area contributed by atoms with E-state index in [-0.39, 0.29) is 21.2 Å². The van der Waals surface area contributed by atoms with E-state index in [2.05, 4.69) is 9.62 Å². The number of carbonyl (C=O) groups is 1. The third kappa shape index (κ3) is 5.94. The van der Waals surface area contributed by atoms with Gasteiger partial charge in [-0.1, -0.05) is 29.8 Å². The molecule has 37 heavy (non-hydrogen) atoms. The Kier molecular flexibility index (Phi) is 7.56. The standard InChI is InChI=1S/C25H23ClF3N3O4S/c1-36-23-8-3-2-7-22(23)31-11-13-32(14-12-31)24(33)20-16-19(9-10-21(20)26)37(34,35)30-18-6-4-5-17(15-18)25(27,28)29/h2-10,15-16,30H,11-14H2,1H3. The maximum Gasteiger partial charge on any atom is 0.416 e. The summed E-state index contributed by atoms with van der Waals surface area (Å²) in [6, 6.07) is 15.0. The molecule has 12 heteroatoms. The molecular weight excluding hydrogens is 531 g/mol. The van der Waals surface area contributed by atoms with Crippen LogP contribution in [0.1, 0.15) is 15.9 Å². The van der Waals surface area contributed by atoms with Gasteiger partial charge in [0.15, 0.2) is 0 Å². The summed E-state index contributed by atoms with van der Waals surface area (Å²) in [5.41, 5.74) is -0.361. The van der Waals surface area contributed by atoms with Crippen LogP contribution in [0, 0.1) is 0 Å². The number of ether oxygens (including phenoxy) is 1. The van der Waals surface area contributed by atoms with Gasteiger partial charge in [-0.05, 0) is 48.5 Å². The van der Waals surface area contributed by atoms with Gasteiger partial charge >= 0.3 is 6.18 Å². The van der Waals surface area contributed by atoms with Crippen molar-refractivity contribution in [2.24, 2.45) is 0 Å². The molecule has 0 unspecified atom stereocenters. The normalized spacial score (nSPS) is 14.4. The van der Waals surface area contributed by atoms with Crippen molar-refractivity contribution < 1.29 is 31.1 Å². The number of rotatable bonds is 6. The number of alkyl halides is 3. The minimum Gasteiger partial charge on any atom is -0.495 e. The minimum atomic E-state index is -4.63. The summed E-state index contributed by atoms with van der Waals surface area (Å²) < 4.78 is 72.4. The van der Waals surface area contributed by atoms with Gasteiger partial charge in [-0.15, -0.1) is 0 Å². The number of carbonyl (C=O) groups excluding carboxylic acids is 1. The van der Waals surface area contributed by atoms with Crippen LogP contribution in [0.5, 0.6) is 5.75 Å². The Labute approximate surface area is 217 Å². The zero-order valence-corrected chi connectivity index (χ0v) is 21.2. The Bertz CT molecular complexity index is 1410. The third-order valence-electron chi connectivity index (χ3n) is 5.91. The minimum absolute atomic E-state index is 0.0145. The van der Waals surface area contributed by atoms with Crippen molar-refractivity contribution in [3.63, 3.8) is 0 Å². The second-order valence-electron chi connectivity index (χ2n) is 8.28. The van der Waals surface area contributed by atoms with Crippen molar-refractivity contribution in [2.75, 3.05) is 42.9 Å². The first-order valence-corrected chi connectivity index (χ1v) is 13.0. The molecule has 196 valence electrons. The summed E-state index contributed by atoms with van der Waals surface area (Å²) >= 11 is 6.24. The van der Waals surface area contributed by atoms with Crippen molar-refractivity contribution in [1.82, 2.24) is 4.90 Å². The monoisotopic (exact) mass is 553 g/mol. The lowest BCUT2D eigenvalue weighted by Gasteiger charge is -2.36. The molecule has 3 aromatic carbocycles. The molecule has 1 amide bonds. The molecule has 1 fully saturated rings. The number of anilines is 2. The Hall–Kier alpha value is -3.44. The lowest BCUT2D eigenvalue weighted by Crippen LogP contribution is -2.49. The summed E-state index contributed by atoms with van der Waals surface area (Å²) in [4.78, 5) is 16.6. The van der Waals surface area contributed by atoms with Crippen molar-refractivity contribution in [3.05, 3.63) is 82.9 Å². The van der Waals surface area contributed by atoms with E-state index in [0.29, 0.717) is 32.2 Å². The summed E-state index contributed by atoms with van der Waals surface area (Å²) in [6.07, 6.45) is -4.63. The van der Waals surface area contributed by atoms with Crippen LogP contribution >= 0.6 is 11.6 Å². The molecule has 0 saturated carbocycles. The van der Waals surface area contributed by atoms with Gasteiger partial charge < -0.3 is 14.5 Å². The van der Waals surface area contributed by atoms with Crippen LogP contribution < -0.4 is 14.4 Å². The van der Waals surface area contributed by atoms with Crippen LogP contribution in [-0.2, 0) is 16.2 Å². The van der Waals surface area contributed by atoms with Crippen molar-refractivity contribution in [2.45, 2.75) is 11.1 Å². The smallest absolute Gasteiger partial charge is 0.416 e. The Balaban J connectivity index is 1.51. The first kappa shape index (κ1) is 26.6. The lowest BCUT2D eigenvalue weighted by molar-refractivity contribution is -0.137. The van der Waals surface area contributed by atoms with Gasteiger partial charge in [0, 0.05) is 31.9 Å². The summed E-state index contributed by atoms with van der Waals surface area (Å²) in [6.45, 7) is 1.79. The molecule has 1 N–H and O–H groups in total. The molecule has 1 aliphatic rings. The Morgan fingerprint density at radius 3 is 2.35 bits per heavy atom. The van der Waals surface area contributed by atoms with E-state index in [0.717, 1.165) is 29.6 Å². The molecule has 0 atom stereocenters. The van der Waals surface area contributed by atoms with Crippen LogP contribution in [0.4, 0.5) is 24.5 Å². The zero-order valence-electron chi connectivity index (χ0n) is 19.6. The van der Waals surface area contributed by atoms with Crippen LogP contribution in [0.25, 0.3) is 0 Å². The maximum atomic E-state index is 13.2. The van der Waals surface area contributed by atoms with Gasteiger partial charge in [0.25, 0.3) is 15.9 Å². The number of amides is 1. The molecule has 1 aliphatic heterocycles. The number of methoxy groups -OCH3 is 1. The Morgan fingerprint density at radius 2 is 1.68 bits per heavy atom. The Morgan fingerprint density at radius 1 is 0.973 bits per heavy atom. The van der Waals surface area contributed by atoms with E-state index in [9.17, 15) is 26.4 Å². The first-order valence-electron chi connectivity index (χ1n) is 11.2. The van der Waals surface area contributed by atoms with Crippen LogP contribution in [0.2, 0.25) is 5.02 Å². The van der Waals surface area contributed by atoms with Gasteiger partial charge in [-0.2, -0.15) is 13.2 Å². The van der Waals surface area contributed by atoms with E-state index >= 15 is 0 Å². The molecule has 0 spiro atoms. The first-order chi connectivity index (χ1) is 17.5. The molecule has 1 heterocycles. The summed E-state index contributed by atoms with van der Waals surface area (Å²) in [7, 11) is -2.71. The quantitative estimate of drug-likeness (QED) is 0.458. The number of sulfonamides is 1. The number of benzene rings is 3. The molecule has 0 aliphatic carbocycles. The number of nitrogens with zero attached hydrogens (tertiary/aromatic N) is 2. The van der Waals surface area contributed by atoms with Gasteiger partial charge in [-0.25, -0.2) is 8.42 Å². The summed E-state index contributed by atoms with van der Waals surface area (Å²) in [5.74, 6) is 0.275. The van der Waals surface area contributed by atoms with Gasteiger partial charge in [0.1, 0.15) is 5.75 Å². The molecular formula is C25H23ClF3N3O4S. The van der Waals surface area contributed by atoms with Crippen molar-refractivity contribution in [1.29, 1.82) is 0 Å². The molecule has 7 nitrogen and oxygen atoms in total. The third-order valence-corrected chi connectivity index (χ3v) is 7.62. The molecule has 0 radical (unpaired) electrons. The predicted molar refractivity (Wildman–Crippen MR) is 135 cm³/mol. The zero-order chi connectivity index (χ0) is 26.8.